The van der Waals surface area contributed by atoms with Gasteiger partial charge in [0, 0.05) is 5.56 Å². The number of fused-ring (bicyclic) bond motifs is 1. The molecule has 6 nitrogen and oxygen atoms in total. The van der Waals surface area contributed by atoms with Crippen molar-refractivity contribution in [3.8, 4) is 22.8 Å². The maximum Gasteiger partial charge on any atom is 0.286 e. The SMILES string of the molecule is NC(=O)c1nc(-c2ccccc2)cc(C2Oc3ccccc3O2)n1. The normalized spacial score (nSPS) is 13.0. The zero-order valence-electron chi connectivity index (χ0n) is 12.5. The summed E-state index contributed by atoms with van der Waals surface area (Å²) in [5, 5.41) is 0. The highest BCUT2D eigenvalue weighted by Gasteiger charge is 2.28. The Kier molecular flexibility index (Phi) is 3.35. The molecule has 0 unspecified atom stereocenters. The summed E-state index contributed by atoms with van der Waals surface area (Å²) in [5.41, 5.74) is 7.23. The zero-order valence-corrected chi connectivity index (χ0v) is 12.5. The van der Waals surface area contributed by atoms with Crippen molar-refractivity contribution in [3.05, 3.63) is 72.2 Å². The number of rotatable bonds is 3. The summed E-state index contributed by atoms with van der Waals surface area (Å²) in [4.78, 5) is 20.0. The highest BCUT2D eigenvalue weighted by Crippen LogP contribution is 2.39. The first-order valence-electron chi connectivity index (χ1n) is 7.37. The molecule has 24 heavy (non-hydrogen) atoms. The number of para-hydroxylation sites is 2. The van der Waals surface area contributed by atoms with Gasteiger partial charge in [-0.25, -0.2) is 9.97 Å². The van der Waals surface area contributed by atoms with E-state index in [1.807, 2.05) is 54.6 Å². The quantitative estimate of drug-likeness (QED) is 0.802. The Morgan fingerprint density at radius 2 is 1.54 bits per heavy atom. The van der Waals surface area contributed by atoms with Gasteiger partial charge in [-0.05, 0) is 18.2 Å². The van der Waals surface area contributed by atoms with E-state index in [4.69, 9.17) is 15.2 Å². The second-order valence-corrected chi connectivity index (χ2v) is 5.25. The second kappa shape index (κ2) is 5.66. The van der Waals surface area contributed by atoms with Crippen molar-refractivity contribution in [2.45, 2.75) is 6.29 Å². The van der Waals surface area contributed by atoms with E-state index in [2.05, 4.69) is 9.97 Å². The Morgan fingerprint density at radius 3 is 2.17 bits per heavy atom. The van der Waals surface area contributed by atoms with Crippen LogP contribution in [-0.4, -0.2) is 15.9 Å². The summed E-state index contributed by atoms with van der Waals surface area (Å²) < 4.78 is 11.5. The lowest BCUT2D eigenvalue weighted by Crippen LogP contribution is -2.19. The van der Waals surface area contributed by atoms with Gasteiger partial charge < -0.3 is 15.2 Å². The molecule has 0 spiro atoms. The van der Waals surface area contributed by atoms with Crippen LogP contribution in [0.5, 0.6) is 11.5 Å². The lowest BCUT2D eigenvalue weighted by Gasteiger charge is -2.12. The van der Waals surface area contributed by atoms with Gasteiger partial charge in [0.05, 0.1) is 5.69 Å². The number of nitrogens with zero attached hydrogens (tertiary/aromatic N) is 2. The predicted octanol–water partition coefficient (Wildman–Crippen LogP) is 2.71. The monoisotopic (exact) mass is 319 g/mol. The van der Waals surface area contributed by atoms with Gasteiger partial charge in [0.1, 0.15) is 5.69 Å². The molecule has 0 aliphatic carbocycles. The fourth-order valence-corrected chi connectivity index (χ4v) is 2.47. The van der Waals surface area contributed by atoms with Gasteiger partial charge >= 0.3 is 0 Å². The number of carbonyl (C=O) groups excluding carboxylic acids is 1. The maximum atomic E-state index is 11.6. The molecule has 6 heteroatoms. The topological polar surface area (TPSA) is 87.3 Å². The van der Waals surface area contributed by atoms with Crippen LogP contribution in [0.4, 0.5) is 0 Å². The van der Waals surface area contributed by atoms with Crippen molar-refractivity contribution >= 4 is 5.91 Å². The molecule has 2 aromatic carbocycles. The molecule has 3 aromatic rings. The summed E-state index contributed by atoms with van der Waals surface area (Å²) in [6.45, 7) is 0. The van der Waals surface area contributed by atoms with Crippen molar-refractivity contribution in [2.75, 3.05) is 0 Å². The zero-order chi connectivity index (χ0) is 16.5. The third-order valence-corrected chi connectivity index (χ3v) is 3.59. The summed E-state index contributed by atoms with van der Waals surface area (Å²) >= 11 is 0. The number of benzene rings is 2. The van der Waals surface area contributed by atoms with Crippen LogP contribution in [-0.2, 0) is 0 Å². The third-order valence-electron chi connectivity index (χ3n) is 3.59. The molecule has 0 saturated heterocycles. The third kappa shape index (κ3) is 2.54. The largest absolute Gasteiger partial charge is 0.445 e. The average molecular weight is 319 g/mol. The van der Waals surface area contributed by atoms with Gasteiger partial charge in [0.25, 0.3) is 12.2 Å². The summed E-state index contributed by atoms with van der Waals surface area (Å²) in [6.07, 6.45) is -0.744. The molecule has 1 aromatic heterocycles. The minimum Gasteiger partial charge on any atom is -0.445 e. The molecule has 0 radical (unpaired) electrons. The Balaban J connectivity index is 1.76. The number of aromatic nitrogens is 2. The summed E-state index contributed by atoms with van der Waals surface area (Å²) in [5.74, 6) is 0.477. The van der Waals surface area contributed by atoms with E-state index in [-0.39, 0.29) is 5.82 Å². The van der Waals surface area contributed by atoms with Crippen molar-refractivity contribution in [1.29, 1.82) is 0 Å². The molecule has 2 N–H and O–H groups in total. The molecule has 118 valence electrons. The van der Waals surface area contributed by atoms with E-state index < -0.39 is 12.2 Å². The molecule has 0 bridgehead atoms. The second-order valence-electron chi connectivity index (χ2n) is 5.25. The number of ether oxygens (including phenoxy) is 2. The molecule has 1 aliphatic rings. The first-order valence-corrected chi connectivity index (χ1v) is 7.37. The highest BCUT2D eigenvalue weighted by atomic mass is 16.7. The Labute approximate surface area is 137 Å². The Morgan fingerprint density at radius 1 is 0.917 bits per heavy atom. The van der Waals surface area contributed by atoms with Crippen molar-refractivity contribution in [2.24, 2.45) is 5.73 Å². The van der Waals surface area contributed by atoms with E-state index in [0.29, 0.717) is 22.9 Å². The lowest BCUT2D eigenvalue weighted by atomic mass is 10.1. The highest BCUT2D eigenvalue weighted by molar-refractivity contribution is 5.89. The molecular weight excluding hydrogens is 306 g/mol. The van der Waals surface area contributed by atoms with Crippen molar-refractivity contribution in [3.63, 3.8) is 0 Å². The van der Waals surface area contributed by atoms with Gasteiger partial charge in [-0.2, -0.15) is 0 Å². The van der Waals surface area contributed by atoms with Gasteiger partial charge in [0.2, 0.25) is 5.82 Å². The first-order chi connectivity index (χ1) is 11.7. The van der Waals surface area contributed by atoms with Crippen LogP contribution in [0, 0.1) is 0 Å². The van der Waals surface area contributed by atoms with Crippen LogP contribution in [0.25, 0.3) is 11.3 Å². The average Bonchev–Trinajstić information content (AvgIpc) is 3.06. The van der Waals surface area contributed by atoms with Crippen LogP contribution >= 0.6 is 0 Å². The molecule has 2 heterocycles. The van der Waals surface area contributed by atoms with Crippen LogP contribution < -0.4 is 15.2 Å². The minimum absolute atomic E-state index is 0.0745. The van der Waals surface area contributed by atoms with E-state index in [0.717, 1.165) is 5.56 Å². The molecule has 0 atom stereocenters. The smallest absolute Gasteiger partial charge is 0.286 e. The summed E-state index contributed by atoms with van der Waals surface area (Å²) in [6, 6.07) is 18.5. The van der Waals surface area contributed by atoms with E-state index in [1.54, 1.807) is 6.07 Å². The minimum atomic E-state index is -0.744. The maximum absolute atomic E-state index is 11.6. The van der Waals surface area contributed by atoms with Crippen molar-refractivity contribution < 1.29 is 14.3 Å². The summed E-state index contributed by atoms with van der Waals surface area (Å²) in [7, 11) is 0. The number of primary amides is 1. The standard InChI is InChI=1S/C18H13N3O3/c19-16(22)17-20-12(11-6-2-1-3-7-11)10-13(21-17)18-23-14-8-4-5-9-15(14)24-18/h1-10,18H,(H2,19,22). The lowest BCUT2D eigenvalue weighted by molar-refractivity contribution is 0.0444. The molecule has 0 saturated carbocycles. The van der Waals surface area contributed by atoms with Crippen LogP contribution in [0.3, 0.4) is 0 Å². The Hall–Kier alpha value is -3.41. The van der Waals surface area contributed by atoms with Crippen LogP contribution in [0.15, 0.2) is 60.7 Å². The number of hydrogen-bond donors (Lipinski definition) is 1. The molecule has 1 amide bonds. The van der Waals surface area contributed by atoms with Gasteiger partial charge in [-0.1, -0.05) is 42.5 Å². The van der Waals surface area contributed by atoms with Crippen molar-refractivity contribution in [1.82, 2.24) is 9.97 Å². The molecule has 1 aliphatic heterocycles. The fraction of sp³-hybridized carbons (Fsp3) is 0.0556. The van der Waals surface area contributed by atoms with Gasteiger partial charge in [-0.3, -0.25) is 4.79 Å². The predicted molar refractivity (Wildman–Crippen MR) is 86.4 cm³/mol. The number of nitrogens with two attached hydrogens (primary N) is 1. The number of amides is 1. The number of hydrogen-bond acceptors (Lipinski definition) is 5. The molecular formula is C18H13N3O3. The van der Waals surface area contributed by atoms with E-state index in [9.17, 15) is 4.79 Å². The van der Waals surface area contributed by atoms with Gasteiger partial charge in [0.15, 0.2) is 11.5 Å². The van der Waals surface area contributed by atoms with Crippen LogP contribution in [0.1, 0.15) is 22.6 Å². The first kappa shape index (κ1) is 14.2. The van der Waals surface area contributed by atoms with E-state index in [1.165, 1.54) is 0 Å². The molecule has 0 fully saturated rings. The molecule has 4 rings (SSSR count). The Bertz CT molecular complexity index is 887. The van der Waals surface area contributed by atoms with Gasteiger partial charge in [-0.15, -0.1) is 0 Å². The number of carbonyl (C=O) groups is 1. The van der Waals surface area contributed by atoms with Crippen LogP contribution in [0.2, 0.25) is 0 Å². The fourth-order valence-electron chi connectivity index (χ4n) is 2.47. The van der Waals surface area contributed by atoms with E-state index >= 15 is 0 Å².